The Hall–Kier alpha value is -2.68. The van der Waals surface area contributed by atoms with Crippen LogP contribution in [0.25, 0.3) is 10.8 Å². The molecule has 0 radical (unpaired) electrons. The van der Waals surface area contributed by atoms with E-state index in [1.54, 1.807) is 24.3 Å². The third-order valence-electron chi connectivity index (χ3n) is 6.54. The first-order chi connectivity index (χ1) is 14.6. The van der Waals surface area contributed by atoms with Gasteiger partial charge in [-0.2, -0.15) is 0 Å². The van der Waals surface area contributed by atoms with E-state index in [0.717, 1.165) is 5.56 Å². The van der Waals surface area contributed by atoms with E-state index >= 15 is 0 Å². The number of benzene rings is 3. The maximum Gasteiger partial charge on any atom is 0.167 e. The molecule has 1 fully saturated rings. The lowest BCUT2D eigenvalue weighted by molar-refractivity contribution is 0.376. The Labute approximate surface area is 177 Å². The summed E-state index contributed by atoms with van der Waals surface area (Å²) in [5.41, 5.74) is 2.95. The molecule has 0 atom stereocenters. The van der Waals surface area contributed by atoms with Gasteiger partial charge < -0.3 is 4.74 Å². The van der Waals surface area contributed by atoms with Crippen LogP contribution in [0.15, 0.2) is 61.2 Å². The van der Waals surface area contributed by atoms with E-state index in [1.807, 2.05) is 0 Å². The molecule has 1 nitrogen and oxygen atoms in total. The molecule has 1 aliphatic carbocycles. The van der Waals surface area contributed by atoms with Gasteiger partial charge in [-0.1, -0.05) is 36.4 Å². The van der Waals surface area contributed by atoms with Crippen molar-refractivity contribution in [2.75, 3.05) is 7.11 Å². The van der Waals surface area contributed by atoms with Gasteiger partial charge in [-0.25, -0.2) is 8.78 Å². The molecule has 0 aliphatic heterocycles. The first-order valence-electron chi connectivity index (χ1n) is 10.7. The summed E-state index contributed by atoms with van der Waals surface area (Å²) >= 11 is 0. The van der Waals surface area contributed by atoms with E-state index in [2.05, 4.69) is 36.9 Å². The van der Waals surface area contributed by atoms with Crippen LogP contribution in [0.1, 0.15) is 48.3 Å². The highest BCUT2D eigenvalue weighted by atomic mass is 19.2. The second-order valence-corrected chi connectivity index (χ2v) is 8.34. The minimum Gasteiger partial charge on any atom is -0.497 e. The van der Waals surface area contributed by atoms with E-state index in [9.17, 15) is 8.78 Å². The highest BCUT2D eigenvalue weighted by Crippen LogP contribution is 2.36. The van der Waals surface area contributed by atoms with Crippen LogP contribution in [0.3, 0.4) is 0 Å². The average molecular weight is 407 g/mol. The minimum atomic E-state index is -0.799. The van der Waals surface area contributed by atoms with Crippen molar-refractivity contribution in [2.24, 2.45) is 5.92 Å². The Morgan fingerprint density at radius 2 is 1.67 bits per heavy atom. The van der Waals surface area contributed by atoms with Crippen LogP contribution in [-0.2, 0) is 12.8 Å². The summed E-state index contributed by atoms with van der Waals surface area (Å²) in [5, 5.41) is 0.946. The zero-order valence-electron chi connectivity index (χ0n) is 17.5. The Balaban J connectivity index is 1.45. The number of fused-ring (bicyclic) bond motifs is 1. The summed E-state index contributed by atoms with van der Waals surface area (Å²) in [6.45, 7) is 3.92. The lowest BCUT2D eigenvalue weighted by atomic mass is 9.78. The smallest absolute Gasteiger partial charge is 0.167 e. The van der Waals surface area contributed by atoms with Crippen LogP contribution in [0, 0.1) is 17.6 Å². The second-order valence-electron chi connectivity index (χ2n) is 8.34. The Kier molecular flexibility index (Phi) is 6.17. The van der Waals surface area contributed by atoms with E-state index < -0.39 is 11.6 Å². The predicted molar refractivity (Wildman–Crippen MR) is 119 cm³/mol. The van der Waals surface area contributed by atoms with Crippen LogP contribution in [-0.4, -0.2) is 7.11 Å². The fourth-order valence-corrected chi connectivity index (χ4v) is 4.59. The molecular formula is C27H28F2O. The van der Waals surface area contributed by atoms with Gasteiger partial charge in [0.05, 0.1) is 7.11 Å². The number of rotatable bonds is 6. The molecule has 1 saturated carbocycles. The predicted octanol–water partition coefficient (Wildman–Crippen LogP) is 7.37. The Morgan fingerprint density at radius 3 is 2.33 bits per heavy atom. The van der Waals surface area contributed by atoms with Gasteiger partial charge in [0.2, 0.25) is 0 Å². The zero-order chi connectivity index (χ0) is 21.1. The van der Waals surface area contributed by atoms with Crippen molar-refractivity contribution in [1.82, 2.24) is 0 Å². The molecule has 30 heavy (non-hydrogen) atoms. The average Bonchev–Trinajstić information content (AvgIpc) is 2.80. The lowest BCUT2D eigenvalue weighted by Gasteiger charge is -2.27. The quantitative estimate of drug-likeness (QED) is 0.388. The molecule has 4 rings (SSSR count). The number of halogens is 2. The molecule has 0 unspecified atom stereocenters. The molecule has 0 spiro atoms. The van der Waals surface area contributed by atoms with E-state index in [1.165, 1.54) is 38.4 Å². The summed E-state index contributed by atoms with van der Waals surface area (Å²) in [4.78, 5) is 0. The molecule has 0 amide bonds. The third kappa shape index (κ3) is 4.26. The van der Waals surface area contributed by atoms with Gasteiger partial charge in [-0.3, -0.25) is 0 Å². The van der Waals surface area contributed by atoms with Crippen LogP contribution in [0.2, 0.25) is 0 Å². The lowest BCUT2D eigenvalue weighted by Crippen LogP contribution is -2.11. The molecule has 3 aromatic rings. The molecule has 0 saturated heterocycles. The summed E-state index contributed by atoms with van der Waals surface area (Å²) in [6.07, 6.45) is 8.09. The maximum absolute atomic E-state index is 14.6. The van der Waals surface area contributed by atoms with Crippen molar-refractivity contribution in [3.63, 3.8) is 0 Å². The van der Waals surface area contributed by atoms with Gasteiger partial charge in [0, 0.05) is 5.39 Å². The van der Waals surface area contributed by atoms with Gasteiger partial charge in [0.25, 0.3) is 0 Å². The third-order valence-corrected chi connectivity index (χ3v) is 6.54. The largest absolute Gasteiger partial charge is 0.497 e. The first-order valence-corrected chi connectivity index (χ1v) is 10.7. The highest BCUT2D eigenvalue weighted by Gasteiger charge is 2.20. The molecule has 0 bridgehead atoms. The van der Waals surface area contributed by atoms with E-state index in [0.29, 0.717) is 41.4 Å². The molecule has 156 valence electrons. The van der Waals surface area contributed by atoms with Gasteiger partial charge in [0.1, 0.15) is 5.75 Å². The van der Waals surface area contributed by atoms with Crippen molar-refractivity contribution in [3.8, 4) is 5.75 Å². The van der Waals surface area contributed by atoms with Crippen LogP contribution < -0.4 is 4.74 Å². The summed E-state index contributed by atoms with van der Waals surface area (Å²) in [6, 6.07) is 15.5. The highest BCUT2D eigenvalue weighted by molar-refractivity contribution is 5.85. The topological polar surface area (TPSA) is 9.23 Å². The summed E-state index contributed by atoms with van der Waals surface area (Å²) in [7, 11) is 1.52. The summed E-state index contributed by atoms with van der Waals surface area (Å²) < 4.78 is 34.3. The first kappa shape index (κ1) is 20.6. The zero-order valence-corrected chi connectivity index (χ0v) is 17.5. The van der Waals surface area contributed by atoms with Crippen LogP contribution in [0.5, 0.6) is 5.75 Å². The van der Waals surface area contributed by atoms with Crippen LogP contribution >= 0.6 is 0 Å². The van der Waals surface area contributed by atoms with Gasteiger partial charge in [0.15, 0.2) is 11.6 Å². The van der Waals surface area contributed by atoms with Gasteiger partial charge in [-0.05, 0) is 90.6 Å². The van der Waals surface area contributed by atoms with Gasteiger partial charge in [-0.15, -0.1) is 6.58 Å². The standard InChI is InChI=1S/C27H28F2O/c1-3-18-4-9-20(10-5-18)21-11-6-19(7-12-21)8-13-23-16-22-14-15-24(30-2)17-25(22)27(29)26(23)28/h3,6-7,11-12,14-18,20H,1,4-5,8-10,13H2,2H3. The Morgan fingerprint density at radius 1 is 0.933 bits per heavy atom. The van der Waals surface area contributed by atoms with E-state index in [4.69, 9.17) is 4.74 Å². The number of hydrogen-bond donors (Lipinski definition) is 0. The fraction of sp³-hybridized carbons (Fsp3) is 0.333. The number of ether oxygens (including phenoxy) is 1. The molecule has 3 aromatic carbocycles. The maximum atomic E-state index is 14.6. The fourth-order valence-electron chi connectivity index (χ4n) is 4.59. The number of methoxy groups -OCH3 is 1. The monoisotopic (exact) mass is 406 g/mol. The molecule has 0 aromatic heterocycles. The number of hydrogen-bond acceptors (Lipinski definition) is 1. The number of aryl methyl sites for hydroxylation is 2. The van der Waals surface area contributed by atoms with Gasteiger partial charge >= 0.3 is 0 Å². The molecule has 0 N–H and O–H groups in total. The van der Waals surface area contributed by atoms with Crippen LogP contribution in [0.4, 0.5) is 8.78 Å². The number of allylic oxidation sites excluding steroid dienone is 1. The minimum absolute atomic E-state index is 0.256. The SMILES string of the molecule is C=CC1CCC(c2ccc(CCc3cc4ccc(OC)cc4c(F)c3F)cc2)CC1. The molecular weight excluding hydrogens is 378 g/mol. The molecule has 0 heterocycles. The van der Waals surface area contributed by atoms with Crippen molar-refractivity contribution in [2.45, 2.75) is 44.4 Å². The van der Waals surface area contributed by atoms with Crippen molar-refractivity contribution in [3.05, 3.63) is 89.5 Å². The normalized spacial score (nSPS) is 19.0. The van der Waals surface area contributed by atoms with Crippen molar-refractivity contribution in [1.29, 1.82) is 0 Å². The molecule has 1 aliphatic rings. The van der Waals surface area contributed by atoms with Crippen molar-refractivity contribution < 1.29 is 13.5 Å². The summed E-state index contributed by atoms with van der Waals surface area (Å²) in [5.74, 6) is 0.253. The van der Waals surface area contributed by atoms with E-state index in [-0.39, 0.29) is 5.39 Å². The van der Waals surface area contributed by atoms with Crippen molar-refractivity contribution >= 4 is 10.8 Å². The molecule has 3 heteroatoms. The Bertz CT molecular complexity index is 1030. The second kappa shape index (κ2) is 8.99.